The van der Waals surface area contributed by atoms with Gasteiger partial charge in [-0.3, -0.25) is 4.99 Å². The molecule has 0 fully saturated rings. The van der Waals surface area contributed by atoms with Crippen LogP contribution in [0.25, 0.3) is 11.1 Å². The first kappa shape index (κ1) is 22.3. The van der Waals surface area contributed by atoms with Crippen LogP contribution in [0.3, 0.4) is 0 Å². The number of hydrogen-bond acceptors (Lipinski definition) is 4. The summed E-state index contributed by atoms with van der Waals surface area (Å²) in [5.41, 5.74) is 2.32. The molecule has 0 amide bonds. The normalized spacial score (nSPS) is 18.3. The van der Waals surface area contributed by atoms with Gasteiger partial charge in [-0.1, -0.05) is 66.7 Å². The summed E-state index contributed by atoms with van der Waals surface area (Å²) in [5, 5.41) is 0.817. The largest absolute Gasteiger partial charge is 0.458 e. The fourth-order valence-corrected chi connectivity index (χ4v) is 4.94. The molecule has 0 saturated carbocycles. The zero-order valence-corrected chi connectivity index (χ0v) is 19.3. The summed E-state index contributed by atoms with van der Waals surface area (Å²) in [6, 6.07) is 24.5. The monoisotopic (exact) mass is 447 g/mol. The first-order chi connectivity index (χ1) is 15.3. The summed E-state index contributed by atoms with van der Waals surface area (Å²) < 4.78 is 19.2. The Labute approximate surface area is 192 Å². The van der Waals surface area contributed by atoms with Gasteiger partial charge in [0.15, 0.2) is 5.54 Å². The molecule has 4 rings (SSSR count). The van der Waals surface area contributed by atoms with E-state index in [0.717, 1.165) is 27.3 Å². The number of nitrogens with zero attached hydrogens (tertiary/aromatic N) is 1. The molecule has 1 heterocycles. The summed E-state index contributed by atoms with van der Waals surface area (Å²) in [6.45, 7) is 5.57. The van der Waals surface area contributed by atoms with Crippen LogP contribution >= 0.6 is 11.8 Å². The average molecular weight is 448 g/mol. The van der Waals surface area contributed by atoms with E-state index in [9.17, 15) is 9.18 Å². The predicted octanol–water partition coefficient (Wildman–Crippen LogP) is 6.31. The van der Waals surface area contributed by atoms with E-state index in [0.29, 0.717) is 12.2 Å². The summed E-state index contributed by atoms with van der Waals surface area (Å²) in [7, 11) is 0. The summed E-state index contributed by atoms with van der Waals surface area (Å²) in [5.74, 6) is -0.187. The molecule has 32 heavy (non-hydrogen) atoms. The molecule has 0 aromatic heterocycles. The lowest BCUT2D eigenvalue weighted by Gasteiger charge is -2.28. The second-order valence-corrected chi connectivity index (χ2v) is 9.92. The number of ether oxygens (including phenoxy) is 1. The van der Waals surface area contributed by atoms with Crippen molar-refractivity contribution in [2.24, 2.45) is 4.99 Å². The van der Waals surface area contributed by atoms with Crippen LogP contribution in [0.15, 0.2) is 83.9 Å². The minimum atomic E-state index is -1.06. The Morgan fingerprint density at radius 3 is 2.25 bits per heavy atom. The lowest BCUT2D eigenvalue weighted by Crippen LogP contribution is -2.44. The lowest BCUT2D eigenvalue weighted by atomic mass is 9.92. The van der Waals surface area contributed by atoms with Crippen molar-refractivity contribution in [1.29, 1.82) is 0 Å². The van der Waals surface area contributed by atoms with E-state index in [1.807, 2.05) is 57.2 Å². The highest BCUT2D eigenvalue weighted by molar-refractivity contribution is 8.14. The molecular formula is C27H26FNO2S. The third-order valence-electron chi connectivity index (χ3n) is 5.19. The SMILES string of the molecule is CC(C)(C)OC(=O)[C@@]1(Cc2ccc(F)cc2)CSC(c2ccccc2-c2ccccc2)=N1. The van der Waals surface area contributed by atoms with Gasteiger partial charge in [0.05, 0.1) is 5.04 Å². The number of rotatable bonds is 5. The van der Waals surface area contributed by atoms with Crippen LogP contribution in [0.2, 0.25) is 0 Å². The average Bonchev–Trinajstić information content (AvgIpc) is 3.20. The smallest absolute Gasteiger partial charge is 0.335 e. The quantitative estimate of drug-likeness (QED) is 0.430. The van der Waals surface area contributed by atoms with Crippen LogP contribution in [0, 0.1) is 5.82 Å². The van der Waals surface area contributed by atoms with Gasteiger partial charge in [-0.25, -0.2) is 9.18 Å². The molecule has 0 N–H and O–H groups in total. The van der Waals surface area contributed by atoms with Crippen molar-refractivity contribution >= 4 is 22.8 Å². The van der Waals surface area contributed by atoms with Gasteiger partial charge in [0.2, 0.25) is 0 Å². The minimum absolute atomic E-state index is 0.304. The Bertz CT molecular complexity index is 1140. The highest BCUT2D eigenvalue weighted by Gasteiger charge is 2.46. The summed E-state index contributed by atoms with van der Waals surface area (Å²) in [6.07, 6.45) is 0.353. The van der Waals surface area contributed by atoms with Crippen LogP contribution < -0.4 is 0 Å². The zero-order chi connectivity index (χ0) is 22.8. The standard InChI is InChI=1S/C27H26FNO2S/c1-26(2,3)31-25(30)27(17-19-13-15-21(28)16-14-19)18-32-24(29-27)23-12-8-7-11-22(23)20-9-5-4-6-10-20/h4-16H,17-18H2,1-3H3/t27-/m1/s1. The van der Waals surface area contributed by atoms with Crippen molar-refractivity contribution < 1.29 is 13.9 Å². The molecule has 3 nitrogen and oxygen atoms in total. The molecule has 1 atom stereocenters. The Kier molecular flexibility index (Phi) is 6.20. The van der Waals surface area contributed by atoms with Gasteiger partial charge in [-0.05, 0) is 49.6 Å². The molecule has 0 saturated heterocycles. The number of benzene rings is 3. The zero-order valence-electron chi connectivity index (χ0n) is 18.5. The van der Waals surface area contributed by atoms with Gasteiger partial charge in [0, 0.05) is 17.7 Å². The van der Waals surface area contributed by atoms with Crippen LogP contribution in [0.1, 0.15) is 31.9 Å². The van der Waals surface area contributed by atoms with Crippen LogP contribution in [0.5, 0.6) is 0 Å². The maximum Gasteiger partial charge on any atom is 0.335 e. The molecule has 0 radical (unpaired) electrons. The number of esters is 1. The molecule has 0 spiro atoms. The summed E-state index contributed by atoms with van der Waals surface area (Å²) >= 11 is 1.56. The lowest BCUT2D eigenvalue weighted by molar-refractivity contribution is -0.160. The van der Waals surface area contributed by atoms with Crippen molar-refractivity contribution in [2.45, 2.75) is 38.3 Å². The number of aliphatic imine (C=N–C) groups is 1. The van der Waals surface area contributed by atoms with Gasteiger partial charge < -0.3 is 4.74 Å². The third kappa shape index (κ3) is 4.94. The maximum atomic E-state index is 13.4. The second kappa shape index (κ2) is 8.91. The molecule has 0 unspecified atom stereocenters. The molecular weight excluding hydrogens is 421 g/mol. The molecule has 1 aliphatic rings. The number of thioether (sulfide) groups is 1. The van der Waals surface area contributed by atoms with Crippen molar-refractivity contribution in [3.63, 3.8) is 0 Å². The van der Waals surface area contributed by atoms with Crippen LogP contribution in [0.4, 0.5) is 4.39 Å². The van der Waals surface area contributed by atoms with E-state index in [1.54, 1.807) is 23.9 Å². The predicted molar refractivity (Wildman–Crippen MR) is 130 cm³/mol. The molecule has 5 heteroatoms. The fraction of sp³-hybridized carbons (Fsp3) is 0.259. The molecule has 3 aromatic carbocycles. The van der Waals surface area contributed by atoms with E-state index < -0.39 is 11.1 Å². The number of carbonyl (C=O) groups is 1. The van der Waals surface area contributed by atoms with Crippen molar-refractivity contribution in [2.75, 3.05) is 5.75 Å². The van der Waals surface area contributed by atoms with Crippen LogP contribution in [-0.2, 0) is 16.0 Å². The maximum absolute atomic E-state index is 13.4. The Morgan fingerprint density at radius 2 is 1.59 bits per heavy atom. The molecule has 164 valence electrons. The van der Waals surface area contributed by atoms with Crippen molar-refractivity contribution in [1.82, 2.24) is 0 Å². The molecule has 3 aromatic rings. The van der Waals surface area contributed by atoms with Gasteiger partial charge >= 0.3 is 5.97 Å². The van der Waals surface area contributed by atoms with Crippen molar-refractivity contribution in [3.8, 4) is 11.1 Å². The summed E-state index contributed by atoms with van der Waals surface area (Å²) in [4.78, 5) is 18.4. The molecule has 0 aliphatic carbocycles. The molecule has 0 bridgehead atoms. The Balaban J connectivity index is 1.76. The van der Waals surface area contributed by atoms with E-state index in [-0.39, 0.29) is 11.8 Å². The van der Waals surface area contributed by atoms with Gasteiger partial charge in [-0.15, -0.1) is 11.8 Å². The van der Waals surface area contributed by atoms with Crippen LogP contribution in [-0.4, -0.2) is 27.9 Å². The number of halogens is 1. The Morgan fingerprint density at radius 1 is 0.969 bits per heavy atom. The fourth-order valence-electron chi connectivity index (χ4n) is 3.70. The highest BCUT2D eigenvalue weighted by Crippen LogP contribution is 2.38. The van der Waals surface area contributed by atoms with E-state index in [4.69, 9.17) is 9.73 Å². The number of carbonyl (C=O) groups excluding carboxylic acids is 1. The number of hydrogen-bond donors (Lipinski definition) is 0. The van der Waals surface area contributed by atoms with Gasteiger partial charge in [-0.2, -0.15) is 0 Å². The van der Waals surface area contributed by atoms with E-state index in [2.05, 4.69) is 18.2 Å². The topological polar surface area (TPSA) is 38.7 Å². The first-order valence-corrected chi connectivity index (χ1v) is 11.6. The first-order valence-electron chi connectivity index (χ1n) is 10.6. The third-order valence-corrected chi connectivity index (χ3v) is 6.40. The van der Waals surface area contributed by atoms with Gasteiger partial charge in [0.25, 0.3) is 0 Å². The van der Waals surface area contributed by atoms with Gasteiger partial charge in [0.1, 0.15) is 11.4 Å². The highest BCUT2D eigenvalue weighted by atomic mass is 32.2. The second-order valence-electron chi connectivity index (χ2n) is 8.95. The van der Waals surface area contributed by atoms with E-state index in [1.165, 1.54) is 12.1 Å². The van der Waals surface area contributed by atoms with Crippen molar-refractivity contribution in [3.05, 3.63) is 95.8 Å². The van der Waals surface area contributed by atoms with E-state index >= 15 is 0 Å². The Hall–Kier alpha value is -2.92. The molecule has 1 aliphatic heterocycles. The minimum Gasteiger partial charge on any atom is -0.458 e.